The summed E-state index contributed by atoms with van der Waals surface area (Å²) in [5, 5.41) is 6.95. The zero-order valence-electron chi connectivity index (χ0n) is 19.0. The number of pyridine rings is 2. The van der Waals surface area contributed by atoms with E-state index in [1.165, 1.54) is 6.20 Å². The van der Waals surface area contributed by atoms with Crippen molar-refractivity contribution >= 4 is 34.1 Å². The number of halogens is 1. The highest BCUT2D eigenvalue weighted by Crippen LogP contribution is 2.39. The Hall–Kier alpha value is -3.70. The van der Waals surface area contributed by atoms with Crippen LogP contribution >= 0.6 is 0 Å². The molecule has 35 heavy (non-hydrogen) atoms. The molecule has 3 aliphatic heterocycles. The predicted octanol–water partition coefficient (Wildman–Crippen LogP) is 3.09. The van der Waals surface area contributed by atoms with E-state index in [-0.39, 0.29) is 29.6 Å². The first kappa shape index (κ1) is 21.8. The standard InChI is InChI=1S/C24H24FN5O5/c1-11-14(6-29-23-22(11)27-2-3-33-23)13-4-12-5-19(28-7-15(12)21(26)20(13)25)30-24(31)35-18-10-34-17-9-32-8-16(17)18/h4-7,16-18,27H,2-3,8-10,26H2,1H3,(H,28,30,31)/t16-,17?,18+/m1/s1. The minimum Gasteiger partial charge on any atom is -0.474 e. The van der Waals surface area contributed by atoms with Crippen LogP contribution in [0.3, 0.4) is 0 Å². The molecule has 3 aromatic rings. The second-order valence-corrected chi connectivity index (χ2v) is 8.84. The number of nitrogens with one attached hydrogen (secondary N) is 2. The number of nitrogen functional groups attached to an aromatic ring is 1. The summed E-state index contributed by atoms with van der Waals surface area (Å²) >= 11 is 0. The molecule has 5 heterocycles. The van der Waals surface area contributed by atoms with Gasteiger partial charge in [0.1, 0.15) is 24.2 Å². The van der Waals surface area contributed by atoms with Gasteiger partial charge >= 0.3 is 6.09 Å². The average molecular weight is 481 g/mol. The number of carbonyl (C=O) groups is 1. The Labute approximate surface area is 199 Å². The minimum absolute atomic E-state index is 0.0315. The summed E-state index contributed by atoms with van der Waals surface area (Å²) in [6.45, 7) is 4.39. The van der Waals surface area contributed by atoms with Gasteiger partial charge in [-0.25, -0.2) is 19.2 Å². The minimum atomic E-state index is -0.644. The molecule has 4 N–H and O–H groups in total. The maximum atomic E-state index is 15.3. The smallest absolute Gasteiger partial charge is 0.413 e. The van der Waals surface area contributed by atoms with Gasteiger partial charge in [-0.3, -0.25) is 5.32 Å². The van der Waals surface area contributed by atoms with Crippen LogP contribution in [0.15, 0.2) is 24.5 Å². The highest BCUT2D eigenvalue weighted by molar-refractivity contribution is 5.99. The summed E-state index contributed by atoms with van der Waals surface area (Å²) in [4.78, 5) is 21.1. The number of aromatic nitrogens is 2. The Bertz CT molecular complexity index is 1340. The van der Waals surface area contributed by atoms with E-state index in [9.17, 15) is 4.79 Å². The second-order valence-electron chi connectivity index (χ2n) is 8.84. The van der Waals surface area contributed by atoms with Gasteiger partial charge in [0.2, 0.25) is 5.88 Å². The fourth-order valence-corrected chi connectivity index (χ4v) is 4.86. The maximum absolute atomic E-state index is 15.3. The van der Waals surface area contributed by atoms with E-state index >= 15 is 4.39 Å². The number of hydrogen-bond donors (Lipinski definition) is 3. The molecule has 1 unspecified atom stereocenters. The molecule has 0 aliphatic carbocycles. The normalized spacial score (nSPS) is 22.7. The molecular formula is C24H24FN5O5. The molecule has 182 valence electrons. The fourth-order valence-electron chi connectivity index (χ4n) is 4.86. The lowest BCUT2D eigenvalue weighted by Crippen LogP contribution is -2.30. The topological polar surface area (TPSA) is 130 Å². The van der Waals surface area contributed by atoms with Crippen LogP contribution in [-0.4, -0.2) is 61.2 Å². The Balaban J connectivity index is 1.29. The number of fused-ring (bicyclic) bond motifs is 3. The van der Waals surface area contributed by atoms with Crippen molar-refractivity contribution in [3.05, 3.63) is 35.9 Å². The molecule has 11 heteroatoms. The van der Waals surface area contributed by atoms with E-state index in [1.807, 2.05) is 6.92 Å². The first-order valence-electron chi connectivity index (χ1n) is 11.4. The Morgan fingerprint density at radius 2 is 2.11 bits per heavy atom. The number of hydrogen-bond acceptors (Lipinski definition) is 9. The lowest BCUT2D eigenvalue weighted by atomic mass is 9.97. The molecule has 0 bridgehead atoms. The van der Waals surface area contributed by atoms with Crippen LogP contribution in [0.4, 0.5) is 26.4 Å². The predicted molar refractivity (Wildman–Crippen MR) is 126 cm³/mol. The van der Waals surface area contributed by atoms with Crippen molar-refractivity contribution in [3.8, 4) is 17.0 Å². The maximum Gasteiger partial charge on any atom is 0.413 e. The molecule has 3 atom stereocenters. The first-order chi connectivity index (χ1) is 17.0. The van der Waals surface area contributed by atoms with Crippen LogP contribution in [0, 0.1) is 18.7 Å². The second kappa shape index (κ2) is 8.51. The third kappa shape index (κ3) is 3.76. The first-order valence-corrected chi connectivity index (χ1v) is 11.4. The number of rotatable bonds is 3. The molecular weight excluding hydrogens is 457 g/mol. The van der Waals surface area contributed by atoms with Crippen LogP contribution in [0.2, 0.25) is 0 Å². The van der Waals surface area contributed by atoms with Crippen LogP contribution in [0.5, 0.6) is 5.88 Å². The van der Waals surface area contributed by atoms with Crippen LogP contribution < -0.4 is 21.1 Å². The Kier molecular flexibility index (Phi) is 5.30. The molecule has 0 radical (unpaired) electrons. The zero-order valence-corrected chi connectivity index (χ0v) is 19.0. The van der Waals surface area contributed by atoms with Gasteiger partial charge in [-0.05, 0) is 30.0 Å². The monoisotopic (exact) mass is 481 g/mol. The van der Waals surface area contributed by atoms with Gasteiger partial charge in [0.05, 0.1) is 37.5 Å². The summed E-state index contributed by atoms with van der Waals surface area (Å²) in [6, 6.07) is 3.30. The van der Waals surface area contributed by atoms with Gasteiger partial charge in [0.15, 0.2) is 5.82 Å². The van der Waals surface area contributed by atoms with Gasteiger partial charge in [-0.1, -0.05) is 0 Å². The quantitative estimate of drug-likeness (QED) is 0.483. The zero-order chi connectivity index (χ0) is 24.1. The van der Waals surface area contributed by atoms with Crippen molar-refractivity contribution in [2.45, 2.75) is 19.1 Å². The SMILES string of the molecule is Cc1c(-c2cc3cc(NC(=O)O[C@H]4COC5COC[C@H]54)ncc3c(N)c2F)cnc2c1NCCO2. The largest absolute Gasteiger partial charge is 0.474 e. The molecule has 1 aromatic carbocycles. The number of carbonyl (C=O) groups excluding carboxylic acids is 1. The van der Waals surface area contributed by atoms with Crippen molar-refractivity contribution in [2.24, 2.45) is 5.92 Å². The number of anilines is 3. The fraction of sp³-hybridized carbons (Fsp3) is 0.375. The van der Waals surface area contributed by atoms with E-state index in [4.69, 9.17) is 24.7 Å². The average Bonchev–Trinajstić information content (AvgIpc) is 3.47. The summed E-state index contributed by atoms with van der Waals surface area (Å²) in [7, 11) is 0. The van der Waals surface area contributed by atoms with Crippen molar-refractivity contribution in [1.82, 2.24) is 9.97 Å². The van der Waals surface area contributed by atoms with Crippen molar-refractivity contribution in [1.29, 1.82) is 0 Å². The molecule has 0 saturated carbocycles. The van der Waals surface area contributed by atoms with Crippen LogP contribution in [-0.2, 0) is 14.2 Å². The van der Waals surface area contributed by atoms with E-state index in [2.05, 4.69) is 20.6 Å². The third-order valence-electron chi connectivity index (χ3n) is 6.75. The van der Waals surface area contributed by atoms with Crippen molar-refractivity contribution in [2.75, 3.05) is 49.3 Å². The van der Waals surface area contributed by atoms with Gasteiger partial charge in [0.25, 0.3) is 0 Å². The van der Waals surface area contributed by atoms with Gasteiger partial charge in [0, 0.05) is 35.5 Å². The molecule has 2 fully saturated rings. The van der Waals surface area contributed by atoms with E-state index < -0.39 is 11.9 Å². The summed E-state index contributed by atoms with van der Waals surface area (Å²) in [5.41, 5.74) is 8.53. The molecule has 2 aromatic heterocycles. The number of nitrogens with zero attached hydrogens (tertiary/aromatic N) is 2. The molecule has 6 rings (SSSR count). The molecule has 0 spiro atoms. The summed E-state index contributed by atoms with van der Waals surface area (Å²) in [5.74, 6) is 0.219. The van der Waals surface area contributed by atoms with E-state index in [1.54, 1.807) is 18.3 Å². The molecule has 2 saturated heterocycles. The Morgan fingerprint density at radius 3 is 3.00 bits per heavy atom. The highest BCUT2D eigenvalue weighted by Gasteiger charge is 2.43. The van der Waals surface area contributed by atoms with E-state index in [0.29, 0.717) is 60.8 Å². The lowest BCUT2D eigenvalue weighted by Gasteiger charge is -2.22. The number of nitrogens with two attached hydrogens (primary N) is 1. The summed E-state index contributed by atoms with van der Waals surface area (Å²) in [6.07, 6.45) is 1.95. The molecule has 10 nitrogen and oxygen atoms in total. The van der Waals surface area contributed by atoms with Gasteiger partial charge in [-0.15, -0.1) is 0 Å². The third-order valence-corrected chi connectivity index (χ3v) is 6.75. The Morgan fingerprint density at radius 1 is 1.23 bits per heavy atom. The van der Waals surface area contributed by atoms with E-state index in [0.717, 1.165) is 11.3 Å². The van der Waals surface area contributed by atoms with Gasteiger partial charge in [-0.2, -0.15) is 0 Å². The number of benzene rings is 1. The highest BCUT2D eigenvalue weighted by atomic mass is 19.1. The number of amides is 1. The molecule has 3 aliphatic rings. The molecule has 1 amide bonds. The number of ether oxygens (including phenoxy) is 4. The summed E-state index contributed by atoms with van der Waals surface area (Å²) < 4.78 is 37.4. The van der Waals surface area contributed by atoms with Crippen LogP contribution in [0.1, 0.15) is 5.56 Å². The van der Waals surface area contributed by atoms with Crippen molar-refractivity contribution < 1.29 is 28.1 Å². The van der Waals surface area contributed by atoms with Crippen molar-refractivity contribution in [3.63, 3.8) is 0 Å². The van der Waals surface area contributed by atoms with Crippen LogP contribution in [0.25, 0.3) is 21.9 Å². The van der Waals surface area contributed by atoms with Gasteiger partial charge < -0.3 is 30.0 Å². The lowest BCUT2D eigenvalue weighted by molar-refractivity contribution is 0.0357.